The summed E-state index contributed by atoms with van der Waals surface area (Å²) in [5.41, 5.74) is 1.27. The number of esters is 1. The molecular formula is C37H54O5. The van der Waals surface area contributed by atoms with E-state index in [-0.39, 0.29) is 33.5 Å². The second-order valence-electron chi connectivity index (χ2n) is 16.3. The van der Waals surface area contributed by atoms with Crippen molar-refractivity contribution in [1.82, 2.24) is 0 Å². The SMILES string of the molecule is CC(C)[C@@H](C)[C@@]1(C)CC[C@]2(C)C3CC[C@@H]4[C@@]5(COC[C@@]4(C)[C@@H](O)[C@H](O)C5)C3=CC[C@@]2(C)[C@@H]1C(=O)OCc1ccccc1. The van der Waals surface area contributed by atoms with Crippen LogP contribution in [0.5, 0.6) is 0 Å². The fraction of sp³-hybridized carbons (Fsp3) is 0.757. The monoisotopic (exact) mass is 578 g/mol. The molecule has 5 nitrogen and oxygen atoms in total. The number of aliphatic hydroxyl groups excluding tert-OH is 2. The fourth-order valence-corrected chi connectivity index (χ4v) is 11.4. The Labute approximate surface area is 253 Å². The van der Waals surface area contributed by atoms with Crippen molar-refractivity contribution in [3.05, 3.63) is 47.5 Å². The Hall–Kier alpha value is -1.69. The zero-order valence-electron chi connectivity index (χ0n) is 27.0. The third kappa shape index (κ3) is 4.01. The van der Waals surface area contributed by atoms with E-state index in [4.69, 9.17) is 9.47 Å². The second-order valence-corrected chi connectivity index (χ2v) is 16.3. The minimum Gasteiger partial charge on any atom is -0.461 e. The molecule has 232 valence electrons. The molecule has 1 unspecified atom stereocenters. The van der Waals surface area contributed by atoms with Gasteiger partial charge in [-0.3, -0.25) is 4.79 Å². The lowest BCUT2D eigenvalue weighted by Gasteiger charge is -2.71. The molecule has 5 aliphatic rings. The maximum absolute atomic E-state index is 14.5. The van der Waals surface area contributed by atoms with Gasteiger partial charge in [0.1, 0.15) is 6.61 Å². The molecule has 3 saturated carbocycles. The summed E-state index contributed by atoms with van der Waals surface area (Å²) in [7, 11) is 0. The van der Waals surface area contributed by atoms with Gasteiger partial charge >= 0.3 is 5.97 Å². The topological polar surface area (TPSA) is 76.0 Å². The normalized spacial score (nSPS) is 47.0. The van der Waals surface area contributed by atoms with Gasteiger partial charge in [-0.15, -0.1) is 0 Å². The van der Waals surface area contributed by atoms with Crippen LogP contribution < -0.4 is 0 Å². The molecular weight excluding hydrogens is 524 g/mol. The predicted octanol–water partition coefficient (Wildman–Crippen LogP) is 6.96. The molecule has 11 atom stereocenters. The number of allylic oxidation sites excluding steroid dienone is 1. The smallest absolute Gasteiger partial charge is 0.310 e. The van der Waals surface area contributed by atoms with Gasteiger partial charge < -0.3 is 19.7 Å². The van der Waals surface area contributed by atoms with Gasteiger partial charge in [0.15, 0.2) is 0 Å². The highest BCUT2D eigenvalue weighted by atomic mass is 16.5. The van der Waals surface area contributed by atoms with Gasteiger partial charge in [0.25, 0.3) is 0 Å². The average Bonchev–Trinajstić information content (AvgIpc) is 2.95. The van der Waals surface area contributed by atoms with E-state index in [1.54, 1.807) is 0 Å². The molecule has 0 amide bonds. The number of rotatable bonds is 5. The molecule has 1 aromatic carbocycles. The van der Waals surface area contributed by atoms with Crippen LogP contribution in [0.1, 0.15) is 92.6 Å². The van der Waals surface area contributed by atoms with Gasteiger partial charge in [-0.1, -0.05) is 90.4 Å². The van der Waals surface area contributed by atoms with Crippen LogP contribution in [0, 0.1) is 56.7 Å². The zero-order chi connectivity index (χ0) is 30.3. The Balaban J connectivity index is 1.42. The van der Waals surface area contributed by atoms with Crippen molar-refractivity contribution < 1.29 is 24.5 Å². The van der Waals surface area contributed by atoms with Crippen molar-refractivity contribution in [3.8, 4) is 0 Å². The highest BCUT2D eigenvalue weighted by Crippen LogP contribution is 2.74. The molecule has 1 aliphatic heterocycles. The van der Waals surface area contributed by atoms with Crippen molar-refractivity contribution in [1.29, 1.82) is 0 Å². The molecule has 1 saturated heterocycles. The molecule has 0 spiro atoms. The van der Waals surface area contributed by atoms with Gasteiger partial charge in [0.2, 0.25) is 0 Å². The summed E-state index contributed by atoms with van der Waals surface area (Å²) in [6.07, 6.45) is 6.53. The Morgan fingerprint density at radius 3 is 2.40 bits per heavy atom. The standard InChI is InChI=1S/C37H54O5/c1-23(2)24(3)33(4)17-18-35(6)26-13-14-29-34(5)21-41-22-37(29,19-28(38)31(34)39)27(26)15-16-36(35,7)30(33)32(40)42-20-25-11-9-8-10-12-25/h8-12,15,23-24,26,28-31,38-39H,13-14,16-22H2,1-7H3/t24-,26?,28-,29+,30-,31+,33-,34-,35-,36+,37+/m1/s1. The van der Waals surface area contributed by atoms with Crippen molar-refractivity contribution in [2.45, 2.75) is 106 Å². The molecule has 6 rings (SSSR count). The Bertz CT molecular complexity index is 1230. The molecule has 4 aliphatic carbocycles. The lowest BCUT2D eigenvalue weighted by Crippen LogP contribution is -2.69. The summed E-state index contributed by atoms with van der Waals surface area (Å²) in [4.78, 5) is 14.5. The number of aliphatic hydroxyl groups is 2. The van der Waals surface area contributed by atoms with Crippen LogP contribution in [0.15, 0.2) is 42.0 Å². The number of hydrogen-bond acceptors (Lipinski definition) is 5. The average molecular weight is 579 g/mol. The lowest BCUT2D eigenvalue weighted by molar-refractivity contribution is -0.253. The van der Waals surface area contributed by atoms with Gasteiger partial charge in [-0.05, 0) is 84.0 Å². The van der Waals surface area contributed by atoms with E-state index in [1.165, 1.54) is 5.57 Å². The number of fused-ring (bicyclic) bond motifs is 3. The van der Waals surface area contributed by atoms with Gasteiger partial charge in [0.05, 0.1) is 31.3 Å². The Kier molecular flexibility index (Phi) is 7.35. The Morgan fingerprint density at radius 2 is 1.71 bits per heavy atom. The van der Waals surface area contributed by atoms with E-state index >= 15 is 0 Å². The summed E-state index contributed by atoms with van der Waals surface area (Å²) in [6, 6.07) is 10.0. The number of carbonyl (C=O) groups is 1. The van der Waals surface area contributed by atoms with Gasteiger partial charge in [0, 0.05) is 10.8 Å². The van der Waals surface area contributed by atoms with Crippen LogP contribution in [0.3, 0.4) is 0 Å². The summed E-state index contributed by atoms with van der Waals surface area (Å²) in [5.74, 6) is 1.19. The van der Waals surface area contributed by atoms with E-state index in [2.05, 4.69) is 54.5 Å². The first-order chi connectivity index (χ1) is 19.7. The first-order valence-electron chi connectivity index (χ1n) is 16.6. The summed E-state index contributed by atoms with van der Waals surface area (Å²) in [5, 5.41) is 22.3. The van der Waals surface area contributed by atoms with Crippen LogP contribution in [0.4, 0.5) is 0 Å². The third-order valence-corrected chi connectivity index (χ3v) is 14.3. The van der Waals surface area contributed by atoms with Gasteiger partial charge in [-0.25, -0.2) is 0 Å². The van der Waals surface area contributed by atoms with Crippen molar-refractivity contribution >= 4 is 5.97 Å². The van der Waals surface area contributed by atoms with Crippen LogP contribution in [0.2, 0.25) is 0 Å². The molecule has 2 bridgehead atoms. The van der Waals surface area contributed by atoms with Gasteiger partial charge in [-0.2, -0.15) is 0 Å². The van der Waals surface area contributed by atoms with Crippen molar-refractivity contribution in [3.63, 3.8) is 0 Å². The first kappa shape index (κ1) is 30.3. The fourth-order valence-electron chi connectivity index (χ4n) is 11.4. The Morgan fingerprint density at radius 1 is 1.00 bits per heavy atom. The van der Waals surface area contributed by atoms with E-state index in [0.717, 1.165) is 37.7 Å². The summed E-state index contributed by atoms with van der Waals surface area (Å²) < 4.78 is 12.5. The molecule has 5 heteroatoms. The number of ether oxygens (including phenoxy) is 2. The van der Waals surface area contributed by atoms with E-state index in [1.807, 2.05) is 30.3 Å². The second kappa shape index (κ2) is 10.2. The molecule has 4 fully saturated rings. The van der Waals surface area contributed by atoms with Crippen LogP contribution >= 0.6 is 0 Å². The summed E-state index contributed by atoms with van der Waals surface area (Å²) in [6.45, 7) is 17.7. The quantitative estimate of drug-likeness (QED) is 0.292. The predicted molar refractivity (Wildman–Crippen MR) is 164 cm³/mol. The molecule has 1 aromatic rings. The lowest BCUT2D eigenvalue weighted by atomic mass is 9.34. The number of carbonyl (C=O) groups excluding carboxylic acids is 1. The highest BCUT2D eigenvalue weighted by molar-refractivity contribution is 5.75. The highest BCUT2D eigenvalue weighted by Gasteiger charge is 2.71. The maximum Gasteiger partial charge on any atom is 0.310 e. The molecule has 0 aromatic heterocycles. The zero-order valence-corrected chi connectivity index (χ0v) is 27.0. The largest absolute Gasteiger partial charge is 0.461 e. The molecule has 1 heterocycles. The van der Waals surface area contributed by atoms with E-state index in [0.29, 0.717) is 49.9 Å². The number of benzene rings is 1. The van der Waals surface area contributed by atoms with Crippen LogP contribution in [0.25, 0.3) is 0 Å². The molecule has 2 N–H and O–H groups in total. The van der Waals surface area contributed by atoms with Crippen molar-refractivity contribution in [2.75, 3.05) is 13.2 Å². The first-order valence-corrected chi connectivity index (χ1v) is 16.6. The minimum absolute atomic E-state index is 0.0456. The van der Waals surface area contributed by atoms with E-state index < -0.39 is 17.6 Å². The van der Waals surface area contributed by atoms with Crippen molar-refractivity contribution in [2.24, 2.45) is 56.7 Å². The van der Waals surface area contributed by atoms with E-state index in [9.17, 15) is 15.0 Å². The third-order valence-electron chi connectivity index (χ3n) is 14.3. The van der Waals surface area contributed by atoms with Crippen LogP contribution in [-0.2, 0) is 20.9 Å². The van der Waals surface area contributed by atoms with Crippen LogP contribution in [-0.4, -0.2) is 41.6 Å². The summed E-state index contributed by atoms with van der Waals surface area (Å²) >= 11 is 0. The molecule has 0 radical (unpaired) electrons. The maximum atomic E-state index is 14.5. The molecule has 42 heavy (non-hydrogen) atoms. The number of hydrogen-bond donors (Lipinski definition) is 2. The minimum atomic E-state index is -0.755.